The topological polar surface area (TPSA) is 66.9 Å². The normalized spacial score (nSPS) is 13.8. The summed E-state index contributed by atoms with van der Waals surface area (Å²) >= 11 is 3.43. The van der Waals surface area contributed by atoms with Gasteiger partial charge in [-0.3, -0.25) is 4.79 Å². The lowest BCUT2D eigenvalue weighted by Gasteiger charge is -2.07. The maximum atomic E-state index is 12.1. The molecule has 0 saturated heterocycles. The lowest BCUT2D eigenvalue weighted by molar-refractivity contribution is 0.102. The summed E-state index contributed by atoms with van der Waals surface area (Å²) in [6.07, 6.45) is 5.40. The molecule has 0 atom stereocenters. The predicted molar refractivity (Wildman–Crippen MR) is 85.5 cm³/mol. The third-order valence-electron chi connectivity index (χ3n) is 3.24. The highest BCUT2D eigenvalue weighted by atomic mass is 79.9. The molecule has 1 fully saturated rings. The van der Waals surface area contributed by atoms with Crippen molar-refractivity contribution >= 4 is 33.5 Å². The van der Waals surface area contributed by atoms with E-state index in [4.69, 9.17) is 0 Å². The molecule has 1 heterocycles. The number of rotatable bonds is 4. The minimum Gasteiger partial charge on any atom is -0.351 e. The second-order valence-corrected chi connectivity index (χ2v) is 5.99. The van der Waals surface area contributed by atoms with Crippen molar-refractivity contribution in [3.63, 3.8) is 0 Å². The first-order valence-electron chi connectivity index (χ1n) is 6.78. The summed E-state index contributed by atoms with van der Waals surface area (Å²) in [6.45, 7) is 1.97. The van der Waals surface area contributed by atoms with Crippen LogP contribution in [0, 0.1) is 6.92 Å². The fourth-order valence-electron chi connectivity index (χ4n) is 1.86. The summed E-state index contributed by atoms with van der Waals surface area (Å²) in [4.78, 5) is 20.5. The number of halogens is 1. The molecule has 21 heavy (non-hydrogen) atoms. The summed E-state index contributed by atoms with van der Waals surface area (Å²) in [6, 6.07) is 6.16. The highest BCUT2D eigenvalue weighted by Gasteiger charge is 2.21. The van der Waals surface area contributed by atoms with Crippen LogP contribution >= 0.6 is 15.9 Å². The molecule has 108 valence electrons. The van der Waals surface area contributed by atoms with Crippen molar-refractivity contribution in [1.29, 1.82) is 0 Å². The van der Waals surface area contributed by atoms with Gasteiger partial charge in [-0.2, -0.15) is 0 Å². The molecule has 1 aromatic carbocycles. The standard InChI is InChI=1S/C15H15BrN4O/c1-9-6-12(4-5-13(9)16)19-14(21)10-7-17-15(18-8-10)20-11-2-3-11/h4-8,11H,2-3H2,1H3,(H,19,21)(H,17,18,20). The van der Waals surface area contributed by atoms with E-state index in [1.807, 2.05) is 25.1 Å². The van der Waals surface area contributed by atoms with Gasteiger partial charge in [0, 0.05) is 28.6 Å². The van der Waals surface area contributed by atoms with E-state index >= 15 is 0 Å². The minimum absolute atomic E-state index is 0.213. The summed E-state index contributed by atoms with van der Waals surface area (Å²) in [5.74, 6) is 0.364. The Labute approximate surface area is 131 Å². The highest BCUT2D eigenvalue weighted by molar-refractivity contribution is 9.10. The van der Waals surface area contributed by atoms with Crippen molar-refractivity contribution in [2.45, 2.75) is 25.8 Å². The summed E-state index contributed by atoms with van der Waals surface area (Å²) in [5, 5.41) is 6.02. The van der Waals surface area contributed by atoms with E-state index in [1.165, 1.54) is 0 Å². The molecule has 2 N–H and O–H groups in total. The number of aryl methyl sites for hydroxylation is 1. The SMILES string of the molecule is Cc1cc(NC(=O)c2cnc(NC3CC3)nc2)ccc1Br. The lowest BCUT2D eigenvalue weighted by Crippen LogP contribution is -2.14. The Kier molecular flexibility index (Phi) is 3.88. The number of anilines is 2. The van der Waals surface area contributed by atoms with Gasteiger partial charge in [-0.15, -0.1) is 0 Å². The second kappa shape index (κ2) is 5.81. The van der Waals surface area contributed by atoms with Crippen LogP contribution in [0.25, 0.3) is 0 Å². The molecule has 5 nitrogen and oxygen atoms in total. The Bertz CT molecular complexity index is 668. The van der Waals surface area contributed by atoms with Gasteiger partial charge in [0.25, 0.3) is 5.91 Å². The van der Waals surface area contributed by atoms with Crippen molar-refractivity contribution in [1.82, 2.24) is 9.97 Å². The molecular formula is C15H15BrN4O. The van der Waals surface area contributed by atoms with Crippen LogP contribution in [0.1, 0.15) is 28.8 Å². The molecule has 6 heteroatoms. The first kappa shape index (κ1) is 14.0. The van der Waals surface area contributed by atoms with E-state index in [9.17, 15) is 4.79 Å². The summed E-state index contributed by atoms with van der Waals surface area (Å²) in [5.41, 5.74) is 2.26. The van der Waals surface area contributed by atoms with Crippen LogP contribution in [-0.2, 0) is 0 Å². The van der Waals surface area contributed by atoms with E-state index < -0.39 is 0 Å². The maximum absolute atomic E-state index is 12.1. The molecule has 3 rings (SSSR count). The molecule has 1 aliphatic rings. The van der Waals surface area contributed by atoms with Gasteiger partial charge in [0.1, 0.15) is 0 Å². The third-order valence-corrected chi connectivity index (χ3v) is 4.13. The number of aromatic nitrogens is 2. The van der Waals surface area contributed by atoms with Crippen LogP contribution in [0.2, 0.25) is 0 Å². The Morgan fingerprint density at radius 2 is 2.00 bits per heavy atom. The van der Waals surface area contributed by atoms with Crippen molar-refractivity contribution in [3.8, 4) is 0 Å². The zero-order valence-corrected chi connectivity index (χ0v) is 13.1. The quantitative estimate of drug-likeness (QED) is 0.890. The fraction of sp³-hybridized carbons (Fsp3) is 0.267. The zero-order chi connectivity index (χ0) is 14.8. The number of hydrogen-bond donors (Lipinski definition) is 2. The van der Waals surface area contributed by atoms with Gasteiger partial charge in [-0.05, 0) is 43.5 Å². The van der Waals surface area contributed by atoms with Crippen molar-refractivity contribution in [2.75, 3.05) is 10.6 Å². The van der Waals surface area contributed by atoms with E-state index in [-0.39, 0.29) is 5.91 Å². The number of hydrogen-bond acceptors (Lipinski definition) is 4. The molecule has 0 unspecified atom stereocenters. The number of nitrogens with one attached hydrogen (secondary N) is 2. The van der Waals surface area contributed by atoms with Gasteiger partial charge in [-0.25, -0.2) is 9.97 Å². The van der Waals surface area contributed by atoms with Gasteiger partial charge >= 0.3 is 0 Å². The molecule has 1 aliphatic carbocycles. The van der Waals surface area contributed by atoms with Crippen LogP contribution < -0.4 is 10.6 Å². The molecule has 0 bridgehead atoms. The van der Waals surface area contributed by atoms with Gasteiger partial charge in [0.15, 0.2) is 0 Å². The Balaban J connectivity index is 1.67. The minimum atomic E-state index is -0.213. The van der Waals surface area contributed by atoms with Crippen LogP contribution in [-0.4, -0.2) is 21.9 Å². The molecule has 1 aromatic heterocycles. The van der Waals surface area contributed by atoms with Crippen LogP contribution in [0.4, 0.5) is 11.6 Å². The molecular weight excluding hydrogens is 332 g/mol. The van der Waals surface area contributed by atoms with E-state index in [2.05, 4.69) is 36.5 Å². The van der Waals surface area contributed by atoms with Crippen LogP contribution in [0.3, 0.4) is 0 Å². The van der Waals surface area contributed by atoms with Crippen molar-refractivity contribution in [3.05, 3.63) is 46.2 Å². The number of amides is 1. The Morgan fingerprint density at radius 1 is 1.29 bits per heavy atom. The van der Waals surface area contributed by atoms with E-state index in [0.717, 1.165) is 28.6 Å². The van der Waals surface area contributed by atoms with Crippen molar-refractivity contribution in [2.24, 2.45) is 0 Å². The first-order valence-corrected chi connectivity index (χ1v) is 7.57. The number of nitrogens with zero attached hydrogens (tertiary/aromatic N) is 2. The largest absolute Gasteiger partial charge is 0.351 e. The molecule has 0 radical (unpaired) electrons. The van der Waals surface area contributed by atoms with Crippen LogP contribution in [0.15, 0.2) is 35.1 Å². The Hall–Kier alpha value is -1.95. The van der Waals surface area contributed by atoms with E-state index in [1.54, 1.807) is 12.4 Å². The van der Waals surface area contributed by atoms with Gasteiger partial charge in [-0.1, -0.05) is 15.9 Å². The van der Waals surface area contributed by atoms with Crippen molar-refractivity contribution < 1.29 is 4.79 Å². The summed E-state index contributed by atoms with van der Waals surface area (Å²) < 4.78 is 1.01. The molecule has 2 aromatic rings. The second-order valence-electron chi connectivity index (χ2n) is 5.13. The monoisotopic (exact) mass is 346 g/mol. The fourth-order valence-corrected chi connectivity index (χ4v) is 2.10. The third kappa shape index (κ3) is 3.58. The molecule has 1 saturated carbocycles. The number of carbonyl (C=O) groups excluding carboxylic acids is 1. The average Bonchev–Trinajstić information content (AvgIpc) is 3.28. The average molecular weight is 347 g/mol. The van der Waals surface area contributed by atoms with Gasteiger partial charge < -0.3 is 10.6 Å². The first-order chi connectivity index (χ1) is 10.1. The highest BCUT2D eigenvalue weighted by Crippen LogP contribution is 2.23. The van der Waals surface area contributed by atoms with Crippen LogP contribution in [0.5, 0.6) is 0 Å². The Morgan fingerprint density at radius 3 is 2.62 bits per heavy atom. The smallest absolute Gasteiger partial charge is 0.258 e. The summed E-state index contributed by atoms with van der Waals surface area (Å²) in [7, 11) is 0. The number of benzene rings is 1. The predicted octanol–water partition coefficient (Wildman–Crippen LogP) is 3.37. The van der Waals surface area contributed by atoms with E-state index in [0.29, 0.717) is 17.6 Å². The molecule has 0 spiro atoms. The van der Waals surface area contributed by atoms with Gasteiger partial charge in [0.05, 0.1) is 5.56 Å². The lowest BCUT2D eigenvalue weighted by atomic mass is 10.2. The molecule has 1 amide bonds. The zero-order valence-electron chi connectivity index (χ0n) is 11.6. The maximum Gasteiger partial charge on any atom is 0.258 e. The molecule has 0 aliphatic heterocycles. The van der Waals surface area contributed by atoms with Gasteiger partial charge in [0.2, 0.25) is 5.95 Å². The number of carbonyl (C=O) groups is 1.